The topological polar surface area (TPSA) is 74.8 Å². The average Bonchev–Trinajstić information content (AvgIpc) is 2.90. The first-order valence-corrected chi connectivity index (χ1v) is 8.99. The van der Waals surface area contributed by atoms with E-state index < -0.39 is 0 Å². The maximum absolute atomic E-state index is 12.4. The molecular weight excluding hydrogens is 328 g/mol. The Bertz CT molecular complexity index is 582. The van der Waals surface area contributed by atoms with Crippen molar-refractivity contribution in [3.63, 3.8) is 0 Å². The predicted octanol–water partition coefficient (Wildman–Crippen LogP) is 1.65. The van der Waals surface area contributed by atoms with Crippen LogP contribution < -0.4 is 5.32 Å². The molecule has 24 heavy (non-hydrogen) atoms. The Morgan fingerprint density at radius 2 is 1.96 bits per heavy atom. The Labute approximate surface area is 147 Å². The normalized spacial score (nSPS) is 15.2. The van der Waals surface area contributed by atoms with Crippen LogP contribution in [0, 0.1) is 13.8 Å². The highest BCUT2D eigenvalue weighted by Crippen LogP contribution is 2.17. The van der Waals surface area contributed by atoms with Gasteiger partial charge in [0.25, 0.3) is 5.91 Å². The number of carbonyl (C=O) groups is 2. The Hall–Kier alpha value is -1.67. The summed E-state index contributed by atoms with van der Waals surface area (Å²) in [5, 5.41) is 3.78. The SMILES string of the molecule is Cc1nc(C)c(C(=O)NCCN(C(=O)N(C)C)C2CCOCC2)s1. The Balaban J connectivity index is 1.93. The number of ether oxygens (including phenoxy) is 1. The molecule has 0 aliphatic carbocycles. The van der Waals surface area contributed by atoms with Gasteiger partial charge in [-0.25, -0.2) is 9.78 Å². The van der Waals surface area contributed by atoms with Crippen molar-refractivity contribution in [2.75, 3.05) is 40.4 Å². The van der Waals surface area contributed by atoms with E-state index >= 15 is 0 Å². The van der Waals surface area contributed by atoms with Crippen LogP contribution in [-0.2, 0) is 4.74 Å². The van der Waals surface area contributed by atoms with Gasteiger partial charge in [0.2, 0.25) is 0 Å². The lowest BCUT2D eigenvalue weighted by Gasteiger charge is -2.36. The monoisotopic (exact) mass is 354 g/mol. The van der Waals surface area contributed by atoms with E-state index in [2.05, 4.69) is 10.3 Å². The van der Waals surface area contributed by atoms with E-state index in [0.717, 1.165) is 23.5 Å². The first-order valence-electron chi connectivity index (χ1n) is 8.18. The average molecular weight is 354 g/mol. The van der Waals surface area contributed by atoms with Crippen molar-refractivity contribution < 1.29 is 14.3 Å². The third kappa shape index (κ3) is 4.67. The Kier molecular flexibility index (Phi) is 6.56. The summed E-state index contributed by atoms with van der Waals surface area (Å²) in [5.74, 6) is -0.123. The number of amides is 3. The molecule has 0 radical (unpaired) electrons. The largest absolute Gasteiger partial charge is 0.381 e. The minimum atomic E-state index is -0.123. The van der Waals surface area contributed by atoms with E-state index in [1.165, 1.54) is 11.3 Å². The lowest BCUT2D eigenvalue weighted by Crippen LogP contribution is -2.50. The van der Waals surface area contributed by atoms with Crippen molar-refractivity contribution >= 4 is 23.3 Å². The molecule has 1 aromatic rings. The molecule has 2 heterocycles. The molecule has 1 aromatic heterocycles. The van der Waals surface area contributed by atoms with Gasteiger partial charge in [0.15, 0.2) is 0 Å². The van der Waals surface area contributed by atoms with E-state index in [1.807, 2.05) is 18.7 Å². The summed E-state index contributed by atoms with van der Waals surface area (Å²) in [7, 11) is 3.49. The molecule has 1 saturated heterocycles. The smallest absolute Gasteiger partial charge is 0.319 e. The number of aromatic nitrogens is 1. The highest BCUT2D eigenvalue weighted by atomic mass is 32.1. The van der Waals surface area contributed by atoms with Gasteiger partial charge in [-0.05, 0) is 26.7 Å². The zero-order valence-electron chi connectivity index (χ0n) is 14.8. The van der Waals surface area contributed by atoms with Crippen LogP contribution >= 0.6 is 11.3 Å². The zero-order chi connectivity index (χ0) is 17.7. The number of nitrogens with one attached hydrogen (secondary N) is 1. The number of carbonyl (C=O) groups excluding carboxylic acids is 2. The molecule has 3 amide bonds. The molecule has 0 spiro atoms. The third-order valence-corrected chi connectivity index (χ3v) is 5.08. The van der Waals surface area contributed by atoms with E-state index in [1.54, 1.807) is 19.0 Å². The second-order valence-corrected chi connectivity index (χ2v) is 7.32. The van der Waals surface area contributed by atoms with Crippen LogP contribution in [0.4, 0.5) is 4.79 Å². The van der Waals surface area contributed by atoms with Crippen LogP contribution in [0.25, 0.3) is 0 Å². The molecule has 0 atom stereocenters. The Morgan fingerprint density at radius 1 is 1.29 bits per heavy atom. The fourth-order valence-corrected chi connectivity index (χ4v) is 3.64. The van der Waals surface area contributed by atoms with E-state index in [0.29, 0.717) is 31.2 Å². The van der Waals surface area contributed by atoms with Crippen LogP contribution in [0.2, 0.25) is 0 Å². The summed E-state index contributed by atoms with van der Waals surface area (Å²) < 4.78 is 5.38. The third-order valence-electron chi connectivity index (χ3n) is 4.01. The molecule has 8 heteroatoms. The van der Waals surface area contributed by atoms with Crippen molar-refractivity contribution in [2.24, 2.45) is 0 Å². The zero-order valence-corrected chi connectivity index (χ0v) is 15.6. The standard InChI is InChI=1S/C16H26N4O3S/c1-11-14(24-12(2)18-11)15(21)17-7-8-20(16(22)19(3)4)13-5-9-23-10-6-13/h13H,5-10H2,1-4H3,(H,17,21). The van der Waals surface area contributed by atoms with E-state index in [-0.39, 0.29) is 18.0 Å². The quantitative estimate of drug-likeness (QED) is 0.872. The second kappa shape index (κ2) is 8.43. The maximum atomic E-state index is 12.4. The maximum Gasteiger partial charge on any atom is 0.319 e. The number of urea groups is 1. The first-order chi connectivity index (χ1) is 11.4. The lowest BCUT2D eigenvalue weighted by molar-refractivity contribution is 0.0415. The molecular formula is C16H26N4O3S. The van der Waals surface area contributed by atoms with Gasteiger partial charge in [-0.1, -0.05) is 0 Å². The predicted molar refractivity (Wildman–Crippen MR) is 93.6 cm³/mol. The van der Waals surface area contributed by atoms with Crippen LogP contribution in [0.1, 0.15) is 33.2 Å². The van der Waals surface area contributed by atoms with Crippen LogP contribution in [-0.4, -0.2) is 73.2 Å². The van der Waals surface area contributed by atoms with Gasteiger partial charge in [0, 0.05) is 46.4 Å². The summed E-state index contributed by atoms with van der Waals surface area (Å²) >= 11 is 1.39. The molecule has 0 unspecified atom stereocenters. The molecule has 0 saturated carbocycles. The van der Waals surface area contributed by atoms with Crippen LogP contribution in [0.15, 0.2) is 0 Å². The summed E-state index contributed by atoms with van der Waals surface area (Å²) in [4.78, 5) is 33.0. The second-order valence-electron chi connectivity index (χ2n) is 6.12. The molecule has 1 N–H and O–H groups in total. The van der Waals surface area contributed by atoms with Gasteiger partial charge in [-0.3, -0.25) is 4.79 Å². The molecule has 0 aromatic carbocycles. The van der Waals surface area contributed by atoms with E-state index in [4.69, 9.17) is 4.74 Å². The highest BCUT2D eigenvalue weighted by Gasteiger charge is 2.26. The number of hydrogen-bond acceptors (Lipinski definition) is 5. The number of thiazole rings is 1. The summed E-state index contributed by atoms with van der Waals surface area (Å²) in [6.45, 7) is 5.98. The number of aryl methyl sites for hydroxylation is 2. The molecule has 1 fully saturated rings. The van der Waals surface area contributed by atoms with Gasteiger partial charge in [-0.15, -0.1) is 11.3 Å². The number of rotatable bonds is 5. The van der Waals surface area contributed by atoms with Crippen molar-refractivity contribution in [1.82, 2.24) is 20.1 Å². The first kappa shape index (κ1) is 18.7. The summed E-state index contributed by atoms with van der Waals surface area (Å²) in [6, 6.07) is 0.138. The van der Waals surface area contributed by atoms with E-state index in [9.17, 15) is 9.59 Å². The minimum Gasteiger partial charge on any atom is -0.381 e. The van der Waals surface area contributed by atoms with Crippen LogP contribution in [0.5, 0.6) is 0 Å². The van der Waals surface area contributed by atoms with Crippen LogP contribution in [0.3, 0.4) is 0 Å². The van der Waals surface area contributed by atoms with Crippen molar-refractivity contribution in [1.29, 1.82) is 0 Å². The van der Waals surface area contributed by atoms with Gasteiger partial charge >= 0.3 is 6.03 Å². The fraction of sp³-hybridized carbons (Fsp3) is 0.688. The summed E-state index contributed by atoms with van der Waals surface area (Å²) in [5.41, 5.74) is 0.751. The molecule has 134 valence electrons. The van der Waals surface area contributed by atoms with Gasteiger partial charge in [0.05, 0.1) is 10.7 Å². The lowest BCUT2D eigenvalue weighted by atomic mass is 10.1. The molecule has 1 aliphatic heterocycles. The molecule has 7 nitrogen and oxygen atoms in total. The van der Waals surface area contributed by atoms with Gasteiger partial charge < -0.3 is 19.9 Å². The fourth-order valence-electron chi connectivity index (χ4n) is 2.80. The number of nitrogens with zero attached hydrogens (tertiary/aromatic N) is 3. The van der Waals surface area contributed by atoms with Crippen molar-refractivity contribution in [2.45, 2.75) is 32.7 Å². The molecule has 0 bridgehead atoms. The highest BCUT2D eigenvalue weighted by molar-refractivity contribution is 7.13. The number of hydrogen-bond donors (Lipinski definition) is 1. The Morgan fingerprint density at radius 3 is 2.50 bits per heavy atom. The van der Waals surface area contributed by atoms with Gasteiger partial charge in [0.1, 0.15) is 4.88 Å². The minimum absolute atomic E-state index is 0.0269. The van der Waals surface area contributed by atoms with Crippen molar-refractivity contribution in [3.05, 3.63) is 15.6 Å². The summed E-state index contributed by atoms with van der Waals surface area (Å²) in [6.07, 6.45) is 1.67. The van der Waals surface area contributed by atoms with Gasteiger partial charge in [-0.2, -0.15) is 0 Å². The van der Waals surface area contributed by atoms with Crippen molar-refractivity contribution in [3.8, 4) is 0 Å². The molecule has 1 aliphatic rings. The molecule has 2 rings (SSSR count).